The number of Topliss-reactive ketones (excluding diaryl/α,β-unsaturated/α-hetero) is 1. The van der Waals surface area contributed by atoms with Gasteiger partial charge in [-0.05, 0) is 32.9 Å². The summed E-state index contributed by atoms with van der Waals surface area (Å²) in [6.45, 7) is 6.86. The molecule has 2 rings (SSSR count). The van der Waals surface area contributed by atoms with E-state index >= 15 is 0 Å². The highest BCUT2D eigenvalue weighted by Crippen LogP contribution is 2.15. The number of amides is 1. The first-order valence-electron chi connectivity index (χ1n) is 6.70. The second kappa shape index (κ2) is 5.87. The molecule has 1 heterocycles. The molecular weight excluding hydrogens is 268 g/mol. The lowest BCUT2D eigenvalue weighted by Gasteiger charge is -2.13. The predicted molar refractivity (Wildman–Crippen MR) is 79.3 cm³/mol. The van der Waals surface area contributed by atoms with E-state index in [1.807, 2.05) is 31.2 Å². The van der Waals surface area contributed by atoms with Gasteiger partial charge in [0.05, 0.1) is 5.69 Å². The Bertz CT molecular complexity index is 673. The van der Waals surface area contributed by atoms with Crippen LogP contribution in [0.15, 0.2) is 24.3 Å². The third-order valence-corrected chi connectivity index (χ3v) is 3.33. The lowest BCUT2D eigenvalue weighted by Crippen LogP contribution is -2.25. The molecule has 21 heavy (non-hydrogen) atoms. The largest absolute Gasteiger partial charge is 0.324 e. The Hall–Kier alpha value is -2.50. The van der Waals surface area contributed by atoms with Crippen LogP contribution in [0.25, 0.3) is 0 Å². The van der Waals surface area contributed by atoms with Gasteiger partial charge in [-0.25, -0.2) is 4.68 Å². The Balaban J connectivity index is 2.16. The minimum absolute atomic E-state index is 0.162. The summed E-state index contributed by atoms with van der Waals surface area (Å²) in [4.78, 5) is 23.6. The number of carbonyl (C=O) groups excluding carboxylic acids is 2. The van der Waals surface area contributed by atoms with Crippen LogP contribution in [-0.4, -0.2) is 26.7 Å². The number of carbonyl (C=O) groups is 2. The maximum atomic E-state index is 12.2. The third kappa shape index (κ3) is 3.16. The fourth-order valence-corrected chi connectivity index (χ4v) is 2.03. The minimum Gasteiger partial charge on any atom is -0.324 e. The highest BCUT2D eigenvalue weighted by atomic mass is 16.2. The lowest BCUT2D eigenvalue weighted by atomic mass is 10.2. The first kappa shape index (κ1) is 14.9. The van der Waals surface area contributed by atoms with Crippen molar-refractivity contribution in [3.05, 3.63) is 41.2 Å². The molecule has 0 aliphatic carbocycles. The molecule has 0 bridgehead atoms. The van der Waals surface area contributed by atoms with Crippen molar-refractivity contribution in [2.24, 2.45) is 0 Å². The van der Waals surface area contributed by atoms with Crippen LogP contribution in [-0.2, 0) is 4.79 Å². The van der Waals surface area contributed by atoms with Gasteiger partial charge in [0.15, 0.2) is 11.5 Å². The molecule has 1 atom stereocenters. The monoisotopic (exact) mass is 286 g/mol. The van der Waals surface area contributed by atoms with Gasteiger partial charge in [-0.2, -0.15) is 0 Å². The van der Waals surface area contributed by atoms with Crippen molar-refractivity contribution in [1.82, 2.24) is 15.0 Å². The zero-order chi connectivity index (χ0) is 15.6. The molecule has 6 heteroatoms. The fourth-order valence-electron chi connectivity index (χ4n) is 2.03. The standard InChI is InChI=1S/C15H18N4O2/c1-9-5-7-13(8-6-9)16-15(21)11(3)19-10(2)14(12(4)20)17-18-19/h5-8,11H,1-4H3,(H,16,21). The smallest absolute Gasteiger partial charge is 0.249 e. The Morgan fingerprint density at radius 3 is 2.33 bits per heavy atom. The number of ketones is 1. The van der Waals surface area contributed by atoms with E-state index in [1.54, 1.807) is 13.8 Å². The molecule has 110 valence electrons. The van der Waals surface area contributed by atoms with Gasteiger partial charge in [0, 0.05) is 12.6 Å². The van der Waals surface area contributed by atoms with Crippen molar-refractivity contribution >= 4 is 17.4 Å². The molecule has 1 aromatic carbocycles. The van der Waals surface area contributed by atoms with Gasteiger partial charge >= 0.3 is 0 Å². The van der Waals surface area contributed by atoms with Gasteiger partial charge in [-0.15, -0.1) is 5.10 Å². The summed E-state index contributed by atoms with van der Waals surface area (Å²) in [5.41, 5.74) is 2.74. The van der Waals surface area contributed by atoms with Crippen LogP contribution in [0.1, 0.15) is 41.6 Å². The van der Waals surface area contributed by atoms with E-state index in [0.29, 0.717) is 11.4 Å². The first-order chi connectivity index (χ1) is 9.90. The van der Waals surface area contributed by atoms with Crippen molar-refractivity contribution in [2.45, 2.75) is 33.7 Å². The summed E-state index contributed by atoms with van der Waals surface area (Å²) in [5.74, 6) is -0.369. The summed E-state index contributed by atoms with van der Waals surface area (Å²) in [5, 5.41) is 10.5. The molecule has 0 aliphatic heterocycles. The molecule has 0 saturated heterocycles. The summed E-state index contributed by atoms with van der Waals surface area (Å²) in [7, 11) is 0. The van der Waals surface area contributed by atoms with E-state index in [2.05, 4.69) is 15.6 Å². The van der Waals surface area contributed by atoms with Crippen LogP contribution in [0.2, 0.25) is 0 Å². The van der Waals surface area contributed by atoms with E-state index < -0.39 is 6.04 Å². The molecule has 2 aromatic rings. The normalized spacial score (nSPS) is 12.0. The maximum absolute atomic E-state index is 12.2. The van der Waals surface area contributed by atoms with Gasteiger partial charge in [0.1, 0.15) is 6.04 Å². The van der Waals surface area contributed by atoms with Gasteiger partial charge in [-0.3, -0.25) is 9.59 Å². The van der Waals surface area contributed by atoms with Crippen molar-refractivity contribution in [2.75, 3.05) is 5.32 Å². The van der Waals surface area contributed by atoms with Crippen LogP contribution >= 0.6 is 0 Å². The predicted octanol–water partition coefficient (Wildman–Crippen LogP) is 2.30. The number of nitrogens with zero attached hydrogens (tertiary/aromatic N) is 3. The molecule has 0 fully saturated rings. The fraction of sp³-hybridized carbons (Fsp3) is 0.333. The number of aryl methyl sites for hydroxylation is 1. The van der Waals surface area contributed by atoms with Gasteiger partial charge in [-0.1, -0.05) is 22.9 Å². The topological polar surface area (TPSA) is 76.9 Å². The van der Waals surface area contributed by atoms with E-state index in [1.165, 1.54) is 11.6 Å². The summed E-state index contributed by atoms with van der Waals surface area (Å²) in [6.07, 6.45) is 0. The Kier molecular flexibility index (Phi) is 4.16. The number of anilines is 1. The molecule has 0 radical (unpaired) electrons. The van der Waals surface area contributed by atoms with E-state index in [9.17, 15) is 9.59 Å². The molecule has 1 aromatic heterocycles. The first-order valence-corrected chi connectivity index (χ1v) is 6.70. The van der Waals surface area contributed by atoms with E-state index in [4.69, 9.17) is 0 Å². The molecule has 0 spiro atoms. The summed E-state index contributed by atoms with van der Waals surface area (Å²) < 4.78 is 1.46. The van der Waals surface area contributed by atoms with Crippen molar-refractivity contribution in [3.8, 4) is 0 Å². The molecule has 0 saturated carbocycles. The molecule has 1 unspecified atom stereocenters. The molecule has 0 aliphatic rings. The summed E-state index contributed by atoms with van der Waals surface area (Å²) >= 11 is 0. The van der Waals surface area contributed by atoms with Crippen molar-refractivity contribution in [1.29, 1.82) is 0 Å². The van der Waals surface area contributed by atoms with Crippen LogP contribution in [0, 0.1) is 13.8 Å². The third-order valence-electron chi connectivity index (χ3n) is 3.33. The SMILES string of the molecule is CC(=O)c1nnn(C(C)C(=O)Nc2ccc(C)cc2)c1C. The van der Waals surface area contributed by atoms with Crippen LogP contribution in [0.5, 0.6) is 0 Å². The minimum atomic E-state index is -0.549. The lowest BCUT2D eigenvalue weighted by molar-refractivity contribution is -0.119. The second-order valence-electron chi connectivity index (χ2n) is 5.06. The average Bonchev–Trinajstić information content (AvgIpc) is 2.82. The highest BCUT2D eigenvalue weighted by Gasteiger charge is 2.21. The van der Waals surface area contributed by atoms with Crippen molar-refractivity contribution < 1.29 is 9.59 Å². The van der Waals surface area contributed by atoms with E-state index in [0.717, 1.165) is 11.3 Å². The number of hydrogen-bond donors (Lipinski definition) is 1. The summed E-state index contributed by atoms with van der Waals surface area (Å²) in [6, 6.07) is 6.99. The number of benzene rings is 1. The Labute approximate surface area is 123 Å². The number of aromatic nitrogens is 3. The van der Waals surface area contributed by atoms with E-state index in [-0.39, 0.29) is 11.7 Å². The molecule has 6 nitrogen and oxygen atoms in total. The number of nitrogens with one attached hydrogen (secondary N) is 1. The average molecular weight is 286 g/mol. The Morgan fingerprint density at radius 2 is 1.81 bits per heavy atom. The van der Waals surface area contributed by atoms with Crippen LogP contribution < -0.4 is 5.32 Å². The maximum Gasteiger partial charge on any atom is 0.249 e. The molecule has 1 N–H and O–H groups in total. The molecular formula is C15H18N4O2. The number of rotatable bonds is 4. The zero-order valence-corrected chi connectivity index (χ0v) is 12.5. The zero-order valence-electron chi connectivity index (χ0n) is 12.5. The van der Waals surface area contributed by atoms with Crippen LogP contribution in [0.3, 0.4) is 0 Å². The number of hydrogen-bond acceptors (Lipinski definition) is 4. The molecule has 1 amide bonds. The van der Waals surface area contributed by atoms with Gasteiger partial charge in [0.25, 0.3) is 0 Å². The quantitative estimate of drug-likeness (QED) is 0.875. The highest BCUT2D eigenvalue weighted by molar-refractivity contribution is 5.95. The Morgan fingerprint density at radius 1 is 1.19 bits per heavy atom. The van der Waals surface area contributed by atoms with Crippen molar-refractivity contribution in [3.63, 3.8) is 0 Å². The van der Waals surface area contributed by atoms with Crippen LogP contribution in [0.4, 0.5) is 5.69 Å². The van der Waals surface area contributed by atoms with Gasteiger partial charge < -0.3 is 5.32 Å². The second-order valence-corrected chi connectivity index (χ2v) is 5.06. The van der Waals surface area contributed by atoms with Gasteiger partial charge in [0.2, 0.25) is 5.91 Å².